The monoisotopic (exact) mass is 412 g/mol. The van der Waals surface area contributed by atoms with Crippen molar-refractivity contribution >= 4 is 16.9 Å². The molecule has 0 aliphatic rings. The van der Waals surface area contributed by atoms with Gasteiger partial charge in [0.2, 0.25) is 0 Å². The fourth-order valence-electron chi connectivity index (χ4n) is 3.33. The minimum Gasteiger partial charge on any atom is -0.383 e. The largest absolute Gasteiger partial charge is 0.416 e. The van der Waals surface area contributed by atoms with Gasteiger partial charge in [0, 0.05) is 31.1 Å². The van der Waals surface area contributed by atoms with Gasteiger partial charge in [-0.3, -0.25) is 0 Å². The van der Waals surface area contributed by atoms with Crippen molar-refractivity contribution in [3.8, 4) is 16.8 Å². The number of nitrogens with one attached hydrogen (secondary N) is 1. The van der Waals surface area contributed by atoms with Crippen LogP contribution in [0.4, 0.5) is 19.0 Å². The van der Waals surface area contributed by atoms with Crippen LogP contribution in [0.1, 0.15) is 5.56 Å². The number of rotatable bonds is 6. The van der Waals surface area contributed by atoms with Crippen molar-refractivity contribution in [2.75, 3.05) is 25.6 Å². The summed E-state index contributed by atoms with van der Waals surface area (Å²) in [6, 6.07) is 14.8. The van der Waals surface area contributed by atoms with Gasteiger partial charge in [0.1, 0.15) is 12.1 Å². The summed E-state index contributed by atoms with van der Waals surface area (Å²) in [5.74, 6) is 0.599. The molecular formula is C22H19F3N4O. The number of hydrogen-bond acceptors (Lipinski definition) is 4. The molecule has 30 heavy (non-hydrogen) atoms. The van der Waals surface area contributed by atoms with Gasteiger partial charge in [-0.05, 0) is 23.8 Å². The van der Waals surface area contributed by atoms with E-state index in [1.165, 1.54) is 12.4 Å². The van der Waals surface area contributed by atoms with Crippen LogP contribution in [-0.2, 0) is 10.9 Å². The second-order valence-electron chi connectivity index (χ2n) is 6.67. The topological polar surface area (TPSA) is 52.0 Å². The van der Waals surface area contributed by atoms with Crippen LogP contribution in [0.2, 0.25) is 0 Å². The Morgan fingerprint density at radius 1 is 1.03 bits per heavy atom. The summed E-state index contributed by atoms with van der Waals surface area (Å²) in [6.07, 6.45) is -1.23. The Bertz CT molecular complexity index is 1160. The molecule has 4 rings (SSSR count). The van der Waals surface area contributed by atoms with Gasteiger partial charge in [0.25, 0.3) is 0 Å². The average molecular weight is 412 g/mol. The molecule has 0 atom stereocenters. The van der Waals surface area contributed by atoms with E-state index in [-0.39, 0.29) is 0 Å². The molecule has 0 bridgehead atoms. The van der Waals surface area contributed by atoms with Gasteiger partial charge in [-0.1, -0.05) is 36.4 Å². The first-order valence-corrected chi connectivity index (χ1v) is 9.31. The molecule has 2 heterocycles. The molecule has 1 N–H and O–H groups in total. The third-order valence-corrected chi connectivity index (χ3v) is 4.72. The molecular weight excluding hydrogens is 393 g/mol. The molecule has 0 saturated carbocycles. The summed E-state index contributed by atoms with van der Waals surface area (Å²) in [7, 11) is 1.61. The highest BCUT2D eigenvalue weighted by atomic mass is 19.4. The van der Waals surface area contributed by atoms with E-state index < -0.39 is 11.7 Å². The van der Waals surface area contributed by atoms with E-state index in [2.05, 4.69) is 15.3 Å². The number of anilines is 1. The molecule has 0 aliphatic heterocycles. The number of methoxy groups -OCH3 is 1. The van der Waals surface area contributed by atoms with E-state index >= 15 is 0 Å². The van der Waals surface area contributed by atoms with Crippen LogP contribution in [-0.4, -0.2) is 34.8 Å². The van der Waals surface area contributed by atoms with Crippen molar-refractivity contribution in [2.45, 2.75) is 6.18 Å². The maximum absolute atomic E-state index is 13.2. The standard InChI is InChI=1S/C22H19F3N4O/c1-30-11-10-26-20-19-18(15-6-3-2-4-7-15)13-29(21(19)28-14-27-20)17-9-5-8-16(12-17)22(23,24)25/h2-9,12-14H,10-11H2,1H3,(H,26,27,28). The molecule has 4 aromatic rings. The summed E-state index contributed by atoms with van der Waals surface area (Å²) in [6.45, 7) is 1.02. The van der Waals surface area contributed by atoms with E-state index in [1.807, 2.05) is 30.3 Å². The maximum atomic E-state index is 13.2. The smallest absolute Gasteiger partial charge is 0.383 e. The van der Waals surface area contributed by atoms with Gasteiger partial charge in [-0.25, -0.2) is 9.97 Å². The number of benzene rings is 2. The van der Waals surface area contributed by atoms with Gasteiger partial charge in [0.05, 0.1) is 17.6 Å². The quantitative estimate of drug-likeness (QED) is 0.444. The van der Waals surface area contributed by atoms with E-state index in [9.17, 15) is 13.2 Å². The highest BCUT2D eigenvalue weighted by Crippen LogP contribution is 2.36. The maximum Gasteiger partial charge on any atom is 0.416 e. The summed E-state index contributed by atoms with van der Waals surface area (Å²) in [4.78, 5) is 8.74. The fraction of sp³-hybridized carbons (Fsp3) is 0.182. The Morgan fingerprint density at radius 3 is 2.57 bits per heavy atom. The van der Waals surface area contributed by atoms with Crippen LogP contribution in [0.3, 0.4) is 0 Å². The van der Waals surface area contributed by atoms with E-state index in [1.54, 1.807) is 23.9 Å². The lowest BCUT2D eigenvalue weighted by Gasteiger charge is -2.10. The third kappa shape index (κ3) is 3.86. The summed E-state index contributed by atoms with van der Waals surface area (Å²) < 4.78 is 46.5. The van der Waals surface area contributed by atoms with Crippen LogP contribution in [0, 0.1) is 0 Å². The molecule has 0 saturated heterocycles. The van der Waals surface area contributed by atoms with E-state index in [4.69, 9.17) is 4.74 Å². The Balaban J connectivity index is 1.93. The first-order chi connectivity index (χ1) is 14.5. The number of halogens is 3. The van der Waals surface area contributed by atoms with Crippen LogP contribution in [0.5, 0.6) is 0 Å². The van der Waals surface area contributed by atoms with Gasteiger partial charge in [-0.15, -0.1) is 0 Å². The highest BCUT2D eigenvalue weighted by Gasteiger charge is 2.30. The van der Waals surface area contributed by atoms with Gasteiger partial charge in [0.15, 0.2) is 5.65 Å². The van der Waals surface area contributed by atoms with Gasteiger partial charge >= 0.3 is 6.18 Å². The Hall–Kier alpha value is -3.39. The van der Waals surface area contributed by atoms with E-state index in [0.29, 0.717) is 30.3 Å². The summed E-state index contributed by atoms with van der Waals surface area (Å²) in [5, 5.41) is 3.96. The van der Waals surface area contributed by atoms with Gasteiger partial charge < -0.3 is 14.6 Å². The zero-order valence-corrected chi connectivity index (χ0v) is 16.1. The van der Waals surface area contributed by atoms with Crippen LogP contribution in [0.25, 0.3) is 27.8 Å². The molecule has 8 heteroatoms. The molecule has 0 fully saturated rings. The molecule has 0 amide bonds. The molecule has 0 aliphatic carbocycles. The van der Waals surface area contributed by atoms with E-state index in [0.717, 1.165) is 28.6 Å². The third-order valence-electron chi connectivity index (χ3n) is 4.72. The SMILES string of the molecule is COCCNc1ncnc2c1c(-c1ccccc1)cn2-c1cccc(C(F)(F)F)c1. The minimum atomic E-state index is -4.43. The number of nitrogens with zero attached hydrogens (tertiary/aromatic N) is 3. The normalized spacial score (nSPS) is 11.7. The minimum absolute atomic E-state index is 0.374. The zero-order chi connectivity index (χ0) is 21.1. The zero-order valence-electron chi connectivity index (χ0n) is 16.1. The molecule has 2 aromatic carbocycles. The number of fused-ring (bicyclic) bond motifs is 1. The van der Waals surface area contributed by atoms with Crippen molar-refractivity contribution in [1.29, 1.82) is 0 Å². The lowest BCUT2D eigenvalue weighted by atomic mass is 10.1. The van der Waals surface area contributed by atoms with Gasteiger partial charge in [-0.2, -0.15) is 13.2 Å². The number of aromatic nitrogens is 3. The molecule has 2 aromatic heterocycles. The van der Waals surface area contributed by atoms with Crippen LogP contribution < -0.4 is 5.32 Å². The number of hydrogen-bond donors (Lipinski definition) is 1. The van der Waals surface area contributed by atoms with Crippen molar-refractivity contribution in [1.82, 2.24) is 14.5 Å². The predicted octanol–water partition coefficient (Wildman–Crippen LogP) is 5.16. The highest BCUT2D eigenvalue weighted by molar-refractivity contribution is 6.02. The fourth-order valence-corrected chi connectivity index (χ4v) is 3.33. The molecule has 154 valence electrons. The van der Waals surface area contributed by atoms with Crippen LogP contribution in [0.15, 0.2) is 67.1 Å². The molecule has 5 nitrogen and oxygen atoms in total. The first kappa shape index (κ1) is 19.9. The number of ether oxygens (including phenoxy) is 1. The second-order valence-corrected chi connectivity index (χ2v) is 6.67. The Labute approximate surface area is 171 Å². The second kappa shape index (κ2) is 8.16. The molecule has 0 radical (unpaired) electrons. The first-order valence-electron chi connectivity index (χ1n) is 9.31. The number of alkyl halides is 3. The van der Waals surface area contributed by atoms with Crippen molar-refractivity contribution in [2.24, 2.45) is 0 Å². The Morgan fingerprint density at radius 2 is 1.83 bits per heavy atom. The molecule has 0 spiro atoms. The van der Waals surface area contributed by atoms with Crippen molar-refractivity contribution in [3.05, 3.63) is 72.7 Å². The predicted molar refractivity (Wildman–Crippen MR) is 110 cm³/mol. The lowest BCUT2D eigenvalue weighted by Crippen LogP contribution is -2.09. The van der Waals surface area contributed by atoms with Crippen molar-refractivity contribution < 1.29 is 17.9 Å². The van der Waals surface area contributed by atoms with Crippen molar-refractivity contribution in [3.63, 3.8) is 0 Å². The summed E-state index contributed by atoms with van der Waals surface area (Å²) >= 11 is 0. The average Bonchev–Trinajstić information content (AvgIpc) is 3.15. The lowest BCUT2D eigenvalue weighted by molar-refractivity contribution is -0.137. The molecule has 0 unspecified atom stereocenters. The Kier molecular flexibility index (Phi) is 5.41. The van der Waals surface area contributed by atoms with Crippen LogP contribution >= 0.6 is 0 Å². The summed E-state index contributed by atoms with van der Waals surface area (Å²) in [5.41, 5.74) is 1.92.